The lowest BCUT2D eigenvalue weighted by atomic mass is 9.81. The third-order valence-corrected chi connectivity index (χ3v) is 6.34. The lowest BCUT2D eigenvalue weighted by Gasteiger charge is -2.29. The van der Waals surface area contributed by atoms with Crippen LogP contribution in [-0.4, -0.2) is 53.2 Å². The van der Waals surface area contributed by atoms with Gasteiger partial charge in [-0.05, 0) is 18.4 Å². The zero-order valence-corrected chi connectivity index (χ0v) is 18.0. The topological polar surface area (TPSA) is 134 Å². The van der Waals surface area contributed by atoms with Crippen molar-refractivity contribution < 1.29 is 24.2 Å². The second kappa shape index (κ2) is 10.2. The number of nitrogens with two attached hydrogens (primary N) is 1. The molecule has 8 nitrogen and oxygen atoms in total. The summed E-state index contributed by atoms with van der Waals surface area (Å²) in [6.45, 7) is 3.17. The molecule has 170 valence electrons. The van der Waals surface area contributed by atoms with Crippen LogP contribution in [0, 0.1) is 5.92 Å². The van der Waals surface area contributed by atoms with Gasteiger partial charge >= 0.3 is 5.97 Å². The fourth-order valence-electron chi connectivity index (χ4n) is 4.64. The number of hydrogen-bond acceptors (Lipinski definition) is 5. The Hall–Kier alpha value is -2.45. The SMILES string of the molecule is CCCCCC[C@H]1CN[C@@H]2C=CC(=C/C=C/C(=O)N[C@@H](CCC(N)=O)C(=O)O)[C@]23O[C@H]13. The van der Waals surface area contributed by atoms with Crippen LogP contribution in [0.25, 0.3) is 0 Å². The molecule has 2 amide bonds. The molecule has 0 aromatic rings. The van der Waals surface area contributed by atoms with Crippen molar-refractivity contribution in [2.24, 2.45) is 11.7 Å². The van der Waals surface area contributed by atoms with Gasteiger partial charge in [0.25, 0.3) is 0 Å². The first-order valence-corrected chi connectivity index (χ1v) is 11.2. The van der Waals surface area contributed by atoms with Gasteiger partial charge in [0.15, 0.2) is 0 Å². The molecule has 1 aliphatic carbocycles. The molecule has 2 saturated heterocycles. The third-order valence-electron chi connectivity index (χ3n) is 6.34. The number of unbranched alkanes of at least 4 members (excludes halogenated alkanes) is 3. The van der Waals surface area contributed by atoms with Crippen molar-refractivity contribution in [1.82, 2.24) is 10.6 Å². The van der Waals surface area contributed by atoms with Gasteiger partial charge in [0.05, 0.1) is 12.1 Å². The molecule has 31 heavy (non-hydrogen) atoms. The number of carboxylic acid groups (broad SMARTS) is 1. The van der Waals surface area contributed by atoms with Gasteiger partial charge < -0.3 is 26.2 Å². The highest BCUT2D eigenvalue weighted by Gasteiger charge is 2.68. The van der Waals surface area contributed by atoms with Gasteiger partial charge in [0, 0.05) is 25.0 Å². The molecule has 0 radical (unpaired) electrons. The number of carboxylic acids is 1. The molecule has 0 unspecified atom stereocenters. The molecule has 5 N–H and O–H groups in total. The minimum Gasteiger partial charge on any atom is -0.480 e. The second-order valence-corrected chi connectivity index (χ2v) is 8.57. The summed E-state index contributed by atoms with van der Waals surface area (Å²) in [5.74, 6) is -1.85. The Bertz CT molecular complexity index is 790. The van der Waals surface area contributed by atoms with Crippen LogP contribution >= 0.6 is 0 Å². The van der Waals surface area contributed by atoms with Gasteiger partial charge in [-0.1, -0.05) is 56.9 Å². The summed E-state index contributed by atoms with van der Waals surface area (Å²) in [6.07, 6.45) is 15.1. The number of rotatable bonds is 12. The average molecular weight is 432 g/mol. The van der Waals surface area contributed by atoms with Crippen LogP contribution < -0.4 is 16.4 Å². The number of ether oxygens (including phenoxy) is 1. The van der Waals surface area contributed by atoms with Crippen molar-refractivity contribution in [2.75, 3.05) is 6.54 Å². The number of allylic oxidation sites excluding steroid dienone is 2. The van der Waals surface area contributed by atoms with Gasteiger partial charge in [0.2, 0.25) is 11.8 Å². The minimum atomic E-state index is -1.20. The molecular formula is C23H33N3O5. The van der Waals surface area contributed by atoms with Crippen LogP contribution in [0.15, 0.2) is 36.0 Å². The Morgan fingerprint density at radius 1 is 1.39 bits per heavy atom. The molecule has 8 heteroatoms. The van der Waals surface area contributed by atoms with E-state index in [1.165, 1.54) is 31.8 Å². The van der Waals surface area contributed by atoms with E-state index >= 15 is 0 Å². The average Bonchev–Trinajstić information content (AvgIpc) is 3.39. The van der Waals surface area contributed by atoms with E-state index in [9.17, 15) is 19.5 Å². The van der Waals surface area contributed by atoms with Crippen molar-refractivity contribution in [3.63, 3.8) is 0 Å². The van der Waals surface area contributed by atoms with Crippen LogP contribution in [0.4, 0.5) is 0 Å². The number of hydrogen-bond donors (Lipinski definition) is 4. The summed E-state index contributed by atoms with van der Waals surface area (Å²) in [6, 6.07) is -0.998. The zero-order valence-electron chi connectivity index (χ0n) is 18.0. The number of epoxide rings is 1. The molecule has 3 rings (SSSR count). The molecule has 5 atom stereocenters. The summed E-state index contributed by atoms with van der Waals surface area (Å²) in [5, 5.41) is 15.2. The number of carbonyl (C=O) groups excluding carboxylic acids is 2. The molecule has 3 aliphatic rings. The lowest BCUT2D eigenvalue weighted by Crippen LogP contribution is -2.49. The van der Waals surface area contributed by atoms with E-state index in [-0.39, 0.29) is 30.6 Å². The largest absolute Gasteiger partial charge is 0.480 e. The Kier molecular flexibility index (Phi) is 7.67. The molecule has 0 bridgehead atoms. The number of piperidine rings is 1. The van der Waals surface area contributed by atoms with Crippen molar-refractivity contribution in [2.45, 2.75) is 75.7 Å². The van der Waals surface area contributed by atoms with Crippen molar-refractivity contribution in [3.05, 3.63) is 36.0 Å². The maximum Gasteiger partial charge on any atom is 0.326 e. The summed E-state index contributed by atoms with van der Waals surface area (Å²) < 4.78 is 6.23. The van der Waals surface area contributed by atoms with E-state index in [2.05, 4.69) is 23.6 Å². The van der Waals surface area contributed by atoms with Gasteiger partial charge in [-0.25, -0.2) is 4.79 Å². The maximum absolute atomic E-state index is 12.1. The zero-order chi connectivity index (χ0) is 22.4. The second-order valence-electron chi connectivity index (χ2n) is 8.57. The Morgan fingerprint density at radius 3 is 2.90 bits per heavy atom. The van der Waals surface area contributed by atoms with E-state index in [0.29, 0.717) is 5.92 Å². The molecule has 2 fully saturated rings. The van der Waals surface area contributed by atoms with E-state index in [4.69, 9.17) is 10.5 Å². The maximum atomic E-state index is 12.1. The Labute approximate surface area is 183 Å². The molecule has 0 saturated carbocycles. The van der Waals surface area contributed by atoms with Crippen molar-refractivity contribution in [1.29, 1.82) is 0 Å². The van der Waals surface area contributed by atoms with Gasteiger partial charge in [-0.2, -0.15) is 0 Å². The number of aliphatic carboxylic acids is 1. The first-order chi connectivity index (χ1) is 14.9. The van der Waals surface area contributed by atoms with Crippen LogP contribution in [0.3, 0.4) is 0 Å². The minimum absolute atomic E-state index is 0.0420. The predicted molar refractivity (Wildman–Crippen MR) is 116 cm³/mol. The highest BCUT2D eigenvalue weighted by molar-refractivity contribution is 5.91. The molecule has 2 heterocycles. The number of nitrogens with one attached hydrogen (secondary N) is 2. The highest BCUT2D eigenvalue weighted by Crippen LogP contribution is 2.56. The fraction of sp³-hybridized carbons (Fsp3) is 0.609. The van der Waals surface area contributed by atoms with Gasteiger partial charge in [0.1, 0.15) is 11.6 Å². The van der Waals surface area contributed by atoms with E-state index < -0.39 is 23.8 Å². The van der Waals surface area contributed by atoms with E-state index in [1.807, 2.05) is 12.2 Å². The summed E-state index contributed by atoms with van der Waals surface area (Å²) in [5.41, 5.74) is 5.75. The van der Waals surface area contributed by atoms with Crippen molar-refractivity contribution in [3.8, 4) is 0 Å². The summed E-state index contributed by atoms with van der Waals surface area (Å²) >= 11 is 0. The van der Waals surface area contributed by atoms with E-state index in [1.54, 1.807) is 6.08 Å². The molecule has 0 aromatic heterocycles. The van der Waals surface area contributed by atoms with Crippen LogP contribution in [0.2, 0.25) is 0 Å². The van der Waals surface area contributed by atoms with Crippen molar-refractivity contribution >= 4 is 17.8 Å². The Balaban J connectivity index is 1.55. The quantitative estimate of drug-likeness (QED) is 0.211. The fourth-order valence-corrected chi connectivity index (χ4v) is 4.64. The standard InChI is InChI=1S/C23H33N3O5/c1-2-3-4-5-7-15-14-25-18-12-10-16(23(18)21(15)31-23)8-6-9-20(28)26-17(22(29)30)11-13-19(24)27/h6,8-10,12,15,17-18,21,25H,2-5,7,11,13-14H2,1H3,(H2,24,27)(H,26,28)(H,29,30)/b9-6+,16-8?/t15-,17-,18+,21+,23-/m0/s1. The lowest BCUT2D eigenvalue weighted by molar-refractivity contribution is -0.141. The smallest absolute Gasteiger partial charge is 0.326 e. The first kappa shape index (κ1) is 23.2. The monoisotopic (exact) mass is 431 g/mol. The van der Waals surface area contributed by atoms with E-state index in [0.717, 1.165) is 18.5 Å². The molecular weight excluding hydrogens is 398 g/mol. The van der Waals surface area contributed by atoms with Gasteiger partial charge in [-0.3, -0.25) is 9.59 Å². The predicted octanol–water partition coefficient (Wildman–Crippen LogP) is 1.57. The number of primary amides is 1. The van der Waals surface area contributed by atoms with Crippen LogP contribution in [-0.2, 0) is 19.1 Å². The molecule has 0 aromatic carbocycles. The normalized spacial score (nSPS) is 30.7. The molecule has 1 spiro atoms. The van der Waals surface area contributed by atoms with Gasteiger partial charge in [-0.15, -0.1) is 0 Å². The van der Waals surface area contributed by atoms with Crippen LogP contribution in [0.5, 0.6) is 0 Å². The first-order valence-electron chi connectivity index (χ1n) is 11.2. The third kappa shape index (κ3) is 5.43. The summed E-state index contributed by atoms with van der Waals surface area (Å²) in [7, 11) is 0. The molecule has 2 aliphatic heterocycles. The highest BCUT2D eigenvalue weighted by atomic mass is 16.6. The van der Waals surface area contributed by atoms with Crippen LogP contribution in [0.1, 0.15) is 51.9 Å². The number of amides is 2. The summed E-state index contributed by atoms with van der Waals surface area (Å²) in [4.78, 5) is 34.2. The number of carbonyl (C=O) groups is 3. The Morgan fingerprint density at radius 2 is 2.19 bits per heavy atom.